The molecule has 0 fully saturated rings. The molecule has 0 spiro atoms. The summed E-state index contributed by atoms with van der Waals surface area (Å²) in [7, 11) is 0. The number of hydrogen-bond donors (Lipinski definition) is 2. The summed E-state index contributed by atoms with van der Waals surface area (Å²) in [6.45, 7) is -0.128. The summed E-state index contributed by atoms with van der Waals surface area (Å²) in [6.07, 6.45) is 0.306. The van der Waals surface area contributed by atoms with E-state index < -0.39 is 0 Å². The van der Waals surface area contributed by atoms with Crippen molar-refractivity contribution in [3.63, 3.8) is 0 Å². The molecule has 2 N–H and O–H groups in total. The Labute approximate surface area is 132 Å². The highest BCUT2D eigenvalue weighted by molar-refractivity contribution is 6.07. The van der Waals surface area contributed by atoms with Crippen molar-refractivity contribution in [1.29, 1.82) is 5.26 Å². The summed E-state index contributed by atoms with van der Waals surface area (Å²) in [5, 5.41) is 14.1. The fourth-order valence-corrected chi connectivity index (χ4v) is 2.40. The molecule has 114 valence electrons. The van der Waals surface area contributed by atoms with Gasteiger partial charge in [0.1, 0.15) is 11.8 Å². The van der Waals surface area contributed by atoms with Gasteiger partial charge in [0.25, 0.3) is 5.91 Å². The van der Waals surface area contributed by atoms with Gasteiger partial charge in [0.15, 0.2) is 6.61 Å². The molecule has 0 unspecified atom stereocenters. The van der Waals surface area contributed by atoms with E-state index in [0.29, 0.717) is 23.4 Å². The monoisotopic (exact) mass is 307 g/mol. The second-order valence-corrected chi connectivity index (χ2v) is 4.99. The van der Waals surface area contributed by atoms with Gasteiger partial charge in [0.05, 0.1) is 12.0 Å². The van der Waals surface area contributed by atoms with Crippen molar-refractivity contribution in [3.05, 3.63) is 53.6 Å². The van der Waals surface area contributed by atoms with Crippen LogP contribution in [-0.2, 0) is 11.2 Å². The van der Waals surface area contributed by atoms with Crippen LogP contribution >= 0.6 is 0 Å². The number of para-hydroxylation sites is 1. The van der Waals surface area contributed by atoms with Crippen molar-refractivity contribution in [2.75, 3.05) is 17.2 Å². The molecular formula is C17H13N3O3. The van der Waals surface area contributed by atoms with Gasteiger partial charge in [-0.3, -0.25) is 9.59 Å². The van der Waals surface area contributed by atoms with E-state index in [1.54, 1.807) is 42.5 Å². The van der Waals surface area contributed by atoms with Crippen LogP contribution in [0.15, 0.2) is 42.5 Å². The number of benzene rings is 2. The molecule has 0 saturated heterocycles. The first kappa shape index (κ1) is 14.6. The molecule has 23 heavy (non-hydrogen) atoms. The number of carbonyl (C=O) groups is 2. The number of carbonyl (C=O) groups excluding carboxylic acids is 2. The summed E-state index contributed by atoms with van der Waals surface area (Å²) in [5.41, 5.74) is 2.56. The number of nitrogens with zero attached hydrogens (tertiary/aromatic N) is 1. The molecule has 6 nitrogen and oxygen atoms in total. The molecule has 0 radical (unpaired) electrons. The number of nitrogens with one attached hydrogen (secondary N) is 2. The zero-order valence-electron chi connectivity index (χ0n) is 12.1. The first-order valence-corrected chi connectivity index (χ1v) is 7.00. The summed E-state index contributed by atoms with van der Waals surface area (Å²) >= 11 is 0. The van der Waals surface area contributed by atoms with Crippen LogP contribution in [0.3, 0.4) is 0 Å². The molecule has 0 aromatic heterocycles. The zero-order chi connectivity index (χ0) is 16.2. The fourth-order valence-electron chi connectivity index (χ4n) is 2.40. The van der Waals surface area contributed by atoms with Gasteiger partial charge >= 0.3 is 0 Å². The van der Waals surface area contributed by atoms with E-state index in [1.807, 2.05) is 6.07 Å². The summed E-state index contributed by atoms with van der Waals surface area (Å²) in [4.78, 5) is 23.8. The standard InChI is InChI=1S/C17H13N3O3/c18-7-8-23-15-4-2-1-3-13(15)17(22)19-12-5-6-14-11(9-12)10-16(21)20-14/h1-6,9H,8,10H2,(H,19,22)(H,20,21). The average molecular weight is 307 g/mol. The molecule has 6 heteroatoms. The number of rotatable bonds is 4. The van der Waals surface area contributed by atoms with E-state index in [2.05, 4.69) is 10.6 Å². The Kier molecular flexibility index (Phi) is 3.93. The largest absolute Gasteiger partial charge is 0.478 e. The molecule has 0 atom stereocenters. The molecule has 2 aromatic carbocycles. The Bertz CT molecular complexity index is 824. The lowest BCUT2D eigenvalue weighted by molar-refractivity contribution is -0.115. The number of fused-ring (bicyclic) bond motifs is 1. The molecule has 1 aliphatic heterocycles. The Morgan fingerprint density at radius 1 is 1.30 bits per heavy atom. The van der Waals surface area contributed by atoms with Crippen LogP contribution in [-0.4, -0.2) is 18.4 Å². The van der Waals surface area contributed by atoms with Gasteiger partial charge in [-0.05, 0) is 35.9 Å². The quantitative estimate of drug-likeness (QED) is 0.907. The van der Waals surface area contributed by atoms with Gasteiger partial charge in [-0.1, -0.05) is 12.1 Å². The third-order valence-electron chi connectivity index (χ3n) is 3.41. The molecule has 1 aliphatic rings. The first-order valence-electron chi connectivity index (χ1n) is 7.00. The number of anilines is 2. The predicted octanol–water partition coefficient (Wildman–Crippen LogP) is 2.34. The Hall–Kier alpha value is -3.33. The van der Waals surface area contributed by atoms with Gasteiger partial charge in [-0.25, -0.2) is 0 Å². The van der Waals surface area contributed by atoms with Crippen LogP contribution in [0.2, 0.25) is 0 Å². The Morgan fingerprint density at radius 3 is 2.96 bits per heavy atom. The first-order chi connectivity index (χ1) is 11.2. The zero-order valence-corrected chi connectivity index (χ0v) is 12.1. The highest BCUT2D eigenvalue weighted by Gasteiger charge is 2.18. The summed E-state index contributed by atoms with van der Waals surface area (Å²) in [6, 6.07) is 13.8. The second kappa shape index (κ2) is 6.20. The van der Waals surface area contributed by atoms with Crippen molar-refractivity contribution in [2.45, 2.75) is 6.42 Å². The minimum atomic E-state index is -0.337. The molecular weight excluding hydrogens is 294 g/mol. The van der Waals surface area contributed by atoms with Crippen LogP contribution in [0.4, 0.5) is 11.4 Å². The third-order valence-corrected chi connectivity index (χ3v) is 3.41. The number of ether oxygens (including phenoxy) is 1. The average Bonchev–Trinajstić information content (AvgIpc) is 2.92. The maximum Gasteiger partial charge on any atom is 0.259 e. The molecule has 1 heterocycles. The van der Waals surface area contributed by atoms with E-state index in [9.17, 15) is 9.59 Å². The Balaban J connectivity index is 1.79. The van der Waals surface area contributed by atoms with Crippen molar-refractivity contribution in [3.8, 4) is 11.8 Å². The maximum absolute atomic E-state index is 12.4. The fraction of sp³-hybridized carbons (Fsp3) is 0.118. The van der Waals surface area contributed by atoms with Crippen molar-refractivity contribution in [2.24, 2.45) is 0 Å². The Morgan fingerprint density at radius 2 is 2.13 bits per heavy atom. The minimum absolute atomic E-state index is 0.0567. The SMILES string of the molecule is N#CCOc1ccccc1C(=O)Nc1ccc2c(c1)CC(=O)N2. The third kappa shape index (κ3) is 3.14. The normalized spacial score (nSPS) is 12.0. The molecule has 2 amide bonds. The lowest BCUT2D eigenvalue weighted by atomic mass is 10.1. The van der Waals surface area contributed by atoms with Crippen molar-refractivity contribution >= 4 is 23.2 Å². The summed E-state index contributed by atoms with van der Waals surface area (Å²) in [5.74, 6) is -0.0425. The molecule has 0 aliphatic carbocycles. The smallest absolute Gasteiger partial charge is 0.259 e. The minimum Gasteiger partial charge on any atom is -0.478 e. The second-order valence-electron chi connectivity index (χ2n) is 4.99. The van der Waals surface area contributed by atoms with E-state index in [1.165, 1.54) is 0 Å². The highest BCUT2D eigenvalue weighted by Crippen LogP contribution is 2.27. The van der Waals surface area contributed by atoms with Gasteiger partial charge in [0, 0.05) is 11.4 Å². The van der Waals surface area contributed by atoms with Crippen LogP contribution in [0.5, 0.6) is 5.75 Å². The van der Waals surface area contributed by atoms with Crippen molar-refractivity contribution < 1.29 is 14.3 Å². The lowest BCUT2D eigenvalue weighted by Gasteiger charge is -2.10. The molecule has 0 bridgehead atoms. The van der Waals surface area contributed by atoms with Gasteiger partial charge in [0.2, 0.25) is 5.91 Å². The van der Waals surface area contributed by atoms with E-state index >= 15 is 0 Å². The number of nitriles is 1. The van der Waals surface area contributed by atoms with Crippen LogP contribution in [0, 0.1) is 11.3 Å². The maximum atomic E-state index is 12.4. The van der Waals surface area contributed by atoms with Crippen LogP contribution < -0.4 is 15.4 Å². The lowest BCUT2D eigenvalue weighted by Crippen LogP contribution is -2.13. The topological polar surface area (TPSA) is 91.2 Å². The van der Waals surface area contributed by atoms with Crippen LogP contribution in [0.25, 0.3) is 0 Å². The number of amides is 2. The van der Waals surface area contributed by atoms with E-state index in [0.717, 1.165) is 11.3 Å². The molecule has 2 aromatic rings. The van der Waals surface area contributed by atoms with Gasteiger partial charge in [-0.2, -0.15) is 5.26 Å². The van der Waals surface area contributed by atoms with Gasteiger partial charge in [-0.15, -0.1) is 0 Å². The highest BCUT2D eigenvalue weighted by atomic mass is 16.5. The predicted molar refractivity (Wildman–Crippen MR) is 84.3 cm³/mol. The molecule has 3 rings (SSSR count). The van der Waals surface area contributed by atoms with Crippen LogP contribution in [0.1, 0.15) is 15.9 Å². The van der Waals surface area contributed by atoms with E-state index in [-0.39, 0.29) is 18.4 Å². The van der Waals surface area contributed by atoms with Gasteiger partial charge < -0.3 is 15.4 Å². The number of hydrogen-bond acceptors (Lipinski definition) is 4. The van der Waals surface area contributed by atoms with Crippen molar-refractivity contribution in [1.82, 2.24) is 0 Å². The summed E-state index contributed by atoms with van der Waals surface area (Å²) < 4.78 is 5.26. The molecule has 0 saturated carbocycles. The van der Waals surface area contributed by atoms with E-state index in [4.69, 9.17) is 10.00 Å².